The highest BCUT2D eigenvalue weighted by Crippen LogP contribution is 2.21. The first kappa shape index (κ1) is 17.0. The van der Waals surface area contributed by atoms with E-state index in [0.717, 1.165) is 21.0 Å². The zero-order valence-electron chi connectivity index (χ0n) is 13.1. The highest BCUT2D eigenvalue weighted by Gasteiger charge is 2.05. The maximum atomic E-state index is 11.8. The summed E-state index contributed by atoms with van der Waals surface area (Å²) in [5.41, 5.74) is 0.975. The molecule has 0 saturated heterocycles. The van der Waals surface area contributed by atoms with Gasteiger partial charge in [0.15, 0.2) is 0 Å². The minimum absolute atomic E-state index is 0.0614. The molecule has 0 radical (unpaired) electrons. The van der Waals surface area contributed by atoms with Gasteiger partial charge in [-0.05, 0) is 24.3 Å². The molecule has 3 rings (SSSR count). The van der Waals surface area contributed by atoms with Crippen molar-refractivity contribution in [3.05, 3.63) is 59.6 Å². The van der Waals surface area contributed by atoms with Gasteiger partial charge < -0.3 is 10.1 Å². The van der Waals surface area contributed by atoms with Crippen LogP contribution in [-0.4, -0.2) is 29.8 Å². The molecule has 2 aromatic carbocycles. The molecule has 0 bridgehead atoms. The van der Waals surface area contributed by atoms with E-state index in [1.54, 1.807) is 23.1 Å². The van der Waals surface area contributed by atoms with E-state index in [1.807, 2.05) is 42.5 Å². The lowest BCUT2D eigenvalue weighted by atomic mass is 10.3. The van der Waals surface area contributed by atoms with Gasteiger partial charge in [-0.15, -0.1) is 23.1 Å². The molecule has 0 aliphatic carbocycles. The second-order valence-corrected chi connectivity index (χ2v) is 7.36. The zero-order valence-corrected chi connectivity index (χ0v) is 14.7. The van der Waals surface area contributed by atoms with Gasteiger partial charge in [-0.1, -0.05) is 30.3 Å². The number of thioether (sulfide) groups is 1. The molecule has 6 heteroatoms. The molecule has 24 heavy (non-hydrogen) atoms. The Labute approximate surface area is 149 Å². The molecule has 0 aliphatic rings. The quantitative estimate of drug-likeness (QED) is 0.492. The van der Waals surface area contributed by atoms with Crippen molar-refractivity contribution in [1.82, 2.24) is 10.3 Å². The Kier molecular flexibility index (Phi) is 6.23. The van der Waals surface area contributed by atoms with Crippen molar-refractivity contribution >= 4 is 39.2 Å². The molecule has 0 fully saturated rings. The van der Waals surface area contributed by atoms with E-state index < -0.39 is 0 Å². The van der Waals surface area contributed by atoms with Crippen LogP contribution in [0.25, 0.3) is 10.2 Å². The van der Waals surface area contributed by atoms with Gasteiger partial charge in [0, 0.05) is 17.2 Å². The highest BCUT2D eigenvalue weighted by molar-refractivity contribution is 7.99. The summed E-state index contributed by atoms with van der Waals surface area (Å²) in [4.78, 5) is 17.4. The van der Waals surface area contributed by atoms with Crippen molar-refractivity contribution in [3.63, 3.8) is 0 Å². The summed E-state index contributed by atoms with van der Waals surface area (Å²) in [6.45, 7) is 1.06. The molecule has 0 saturated carbocycles. The average molecular weight is 358 g/mol. The minimum atomic E-state index is -0.0928. The first-order chi connectivity index (χ1) is 11.8. The number of amides is 1. The smallest absolute Gasteiger partial charge is 0.246 e. The molecule has 0 aliphatic heterocycles. The Morgan fingerprint density at radius 2 is 1.92 bits per heavy atom. The number of fused-ring (bicyclic) bond motifs is 1. The van der Waals surface area contributed by atoms with Crippen molar-refractivity contribution in [2.45, 2.75) is 11.5 Å². The normalized spacial score (nSPS) is 10.8. The van der Waals surface area contributed by atoms with E-state index in [0.29, 0.717) is 13.2 Å². The van der Waals surface area contributed by atoms with Gasteiger partial charge in [0.25, 0.3) is 0 Å². The fraction of sp³-hybridized carbons (Fsp3) is 0.222. The Balaban J connectivity index is 1.32. The van der Waals surface area contributed by atoms with Gasteiger partial charge in [0.2, 0.25) is 5.91 Å². The van der Waals surface area contributed by atoms with Crippen LogP contribution < -0.4 is 5.32 Å². The van der Waals surface area contributed by atoms with Gasteiger partial charge in [-0.3, -0.25) is 4.79 Å². The molecule has 0 atom stereocenters. The predicted molar refractivity (Wildman–Crippen MR) is 99.5 cm³/mol. The topological polar surface area (TPSA) is 51.2 Å². The van der Waals surface area contributed by atoms with Crippen molar-refractivity contribution in [2.75, 3.05) is 18.9 Å². The summed E-state index contributed by atoms with van der Waals surface area (Å²) in [5.74, 6) is 0.748. The molecule has 1 heterocycles. The van der Waals surface area contributed by atoms with Crippen LogP contribution in [-0.2, 0) is 16.1 Å². The minimum Gasteiger partial charge on any atom is -0.364 e. The predicted octanol–water partition coefficient (Wildman–Crippen LogP) is 3.72. The Morgan fingerprint density at radius 1 is 1.12 bits per heavy atom. The number of carbonyl (C=O) groups is 1. The Bertz CT molecular complexity index is 757. The molecule has 1 N–H and O–H groups in total. The number of carbonyl (C=O) groups excluding carboxylic acids is 1. The molecule has 124 valence electrons. The first-order valence-corrected chi connectivity index (χ1v) is 9.48. The summed E-state index contributed by atoms with van der Waals surface area (Å²) < 4.78 is 6.59. The average Bonchev–Trinajstić information content (AvgIpc) is 3.02. The number of thiazole rings is 1. The summed E-state index contributed by atoms with van der Waals surface area (Å²) >= 11 is 3.32. The van der Waals surface area contributed by atoms with E-state index in [2.05, 4.69) is 22.4 Å². The van der Waals surface area contributed by atoms with Crippen LogP contribution in [0, 0.1) is 0 Å². The molecule has 1 aromatic heterocycles. The number of hydrogen-bond acceptors (Lipinski definition) is 5. The van der Waals surface area contributed by atoms with Gasteiger partial charge in [-0.2, -0.15) is 0 Å². The van der Waals surface area contributed by atoms with Crippen molar-refractivity contribution in [2.24, 2.45) is 0 Å². The maximum Gasteiger partial charge on any atom is 0.246 e. The van der Waals surface area contributed by atoms with E-state index in [4.69, 9.17) is 4.74 Å². The lowest BCUT2D eigenvalue weighted by Crippen LogP contribution is -2.29. The number of rotatable bonds is 8. The van der Waals surface area contributed by atoms with Gasteiger partial charge >= 0.3 is 0 Å². The molecule has 0 unspecified atom stereocenters. The van der Waals surface area contributed by atoms with Crippen molar-refractivity contribution in [1.29, 1.82) is 0 Å². The van der Waals surface area contributed by atoms with Crippen molar-refractivity contribution in [3.8, 4) is 0 Å². The lowest BCUT2D eigenvalue weighted by molar-refractivity contribution is -0.125. The standard InChI is InChI=1S/C18H18N2O2S2/c21-17(19-10-11-23-14-6-2-1-3-7-14)12-22-13-18-20-15-8-4-5-9-16(15)24-18/h1-9H,10-13H2,(H,19,21). The van der Waals surface area contributed by atoms with E-state index >= 15 is 0 Å². The van der Waals surface area contributed by atoms with E-state index in [9.17, 15) is 4.79 Å². The SMILES string of the molecule is O=C(COCc1nc2ccccc2s1)NCCSc1ccccc1. The number of aromatic nitrogens is 1. The number of benzene rings is 2. The van der Waals surface area contributed by atoms with E-state index in [1.165, 1.54) is 4.90 Å². The van der Waals surface area contributed by atoms with Crippen LogP contribution in [0.4, 0.5) is 0 Å². The summed E-state index contributed by atoms with van der Waals surface area (Å²) in [6, 6.07) is 18.1. The largest absolute Gasteiger partial charge is 0.364 e. The molecule has 3 aromatic rings. The fourth-order valence-electron chi connectivity index (χ4n) is 2.14. The van der Waals surface area contributed by atoms with Gasteiger partial charge in [-0.25, -0.2) is 4.98 Å². The maximum absolute atomic E-state index is 11.8. The third kappa shape index (κ3) is 5.06. The van der Waals surface area contributed by atoms with Crippen LogP contribution in [0.5, 0.6) is 0 Å². The van der Waals surface area contributed by atoms with Crippen LogP contribution in [0.15, 0.2) is 59.5 Å². The Morgan fingerprint density at radius 3 is 2.75 bits per heavy atom. The van der Waals surface area contributed by atoms with Crippen molar-refractivity contribution < 1.29 is 9.53 Å². The van der Waals surface area contributed by atoms with Crippen LogP contribution in [0.1, 0.15) is 5.01 Å². The monoisotopic (exact) mass is 358 g/mol. The van der Waals surface area contributed by atoms with Crippen LogP contribution >= 0.6 is 23.1 Å². The fourth-order valence-corrected chi connectivity index (χ4v) is 3.83. The van der Waals surface area contributed by atoms with Crippen LogP contribution in [0.3, 0.4) is 0 Å². The van der Waals surface area contributed by atoms with Gasteiger partial charge in [0.05, 0.1) is 16.8 Å². The number of nitrogens with zero attached hydrogens (tertiary/aromatic N) is 1. The third-order valence-corrected chi connectivity index (χ3v) is 5.26. The lowest BCUT2D eigenvalue weighted by Gasteiger charge is -2.05. The molecule has 4 nitrogen and oxygen atoms in total. The molecule has 0 spiro atoms. The Hall–Kier alpha value is -1.89. The number of hydrogen-bond donors (Lipinski definition) is 1. The summed E-state index contributed by atoms with van der Waals surface area (Å²) in [5, 5.41) is 3.76. The second kappa shape index (κ2) is 8.82. The number of ether oxygens (including phenoxy) is 1. The van der Waals surface area contributed by atoms with Gasteiger partial charge in [0.1, 0.15) is 11.6 Å². The zero-order chi connectivity index (χ0) is 16.6. The number of nitrogens with one attached hydrogen (secondary N) is 1. The van der Waals surface area contributed by atoms with E-state index in [-0.39, 0.29) is 12.5 Å². The van der Waals surface area contributed by atoms with Crippen LogP contribution in [0.2, 0.25) is 0 Å². The summed E-state index contributed by atoms with van der Waals surface area (Å²) in [6.07, 6.45) is 0. The second-order valence-electron chi connectivity index (χ2n) is 5.08. The molecular weight excluding hydrogens is 340 g/mol. The third-order valence-electron chi connectivity index (χ3n) is 3.23. The number of para-hydroxylation sites is 1. The highest BCUT2D eigenvalue weighted by atomic mass is 32.2. The summed E-state index contributed by atoms with van der Waals surface area (Å²) in [7, 11) is 0. The first-order valence-electron chi connectivity index (χ1n) is 7.68. The molecule has 1 amide bonds. The molecular formula is C18H18N2O2S2.